The van der Waals surface area contributed by atoms with Crippen LogP contribution in [-0.4, -0.2) is 49.3 Å². The molecule has 2 unspecified atom stereocenters. The van der Waals surface area contributed by atoms with Gasteiger partial charge in [-0.3, -0.25) is 4.90 Å². The molecular weight excluding hydrogens is 212 g/mol. The van der Waals surface area contributed by atoms with Crippen LogP contribution in [0.4, 0.5) is 0 Å². The maximum absolute atomic E-state index is 5.51. The van der Waals surface area contributed by atoms with Gasteiger partial charge in [-0.25, -0.2) is 0 Å². The Balaban J connectivity index is 1.65. The van der Waals surface area contributed by atoms with E-state index in [2.05, 4.69) is 10.2 Å². The fraction of sp³-hybridized carbons (Fsp3) is 1.00. The monoisotopic (exact) mass is 238 g/mol. The molecule has 0 saturated carbocycles. The van der Waals surface area contributed by atoms with Gasteiger partial charge in [-0.2, -0.15) is 0 Å². The second-order valence-electron chi connectivity index (χ2n) is 5.85. The van der Waals surface area contributed by atoms with Crippen LogP contribution in [0.15, 0.2) is 0 Å². The van der Waals surface area contributed by atoms with E-state index in [1.165, 1.54) is 58.0 Å². The Morgan fingerprint density at radius 1 is 0.941 bits per heavy atom. The normalized spacial score (nSPS) is 37.4. The number of rotatable bonds is 2. The zero-order valence-electron chi connectivity index (χ0n) is 10.9. The van der Waals surface area contributed by atoms with Crippen molar-refractivity contribution in [2.75, 3.05) is 26.3 Å². The highest BCUT2D eigenvalue weighted by molar-refractivity contribution is 4.93. The zero-order chi connectivity index (χ0) is 11.5. The number of nitrogens with zero attached hydrogens (tertiary/aromatic N) is 1. The van der Waals surface area contributed by atoms with Crippen molar-refractivity contribution in [3.63, 3.8) is 0 Å². The Morgan fingerprint density at radius 2 is 1.82 bits per heavy atom. The summed E-state index contributed by atoms with van der Waals surface area (Å²) in [5, 5.41) is 3.72. The van der Waals surface area contributed by atoms with Gasteiger partial charge < -0.3 is 10.1 Å². The van der Waals surface area contributed by atoms with Crippen molar-refractivity contribution >= 4 is 0 Å². The minimum atomic E-state index is 0.776. The van der Waals surface area contributed by atoms with E-state index in [1.54, 1.807) is 0 Å². The van der Waals surface area contributed by atoms with Crippen LogP contribution in [0, 0.1) is 0 Å². The number of likely N-dealkylation sites (tertiary alicyclic amines) is 1. The molecule has 3 aliphatic heterocycles. The molecule has 0 spiro atoms. The van der Waals surface area contributed by atoms with E-state index in [4.69, 9.17) is 4.74 Å². The third-order valence-electron chi connectivity index (χ3n) is 4.81. The standard InChI is InChI=1S/C14H26N2O/c1-2-9-16(12-6-10-17-11-7-12)14(5-1)13-4-3-8-15-13/h12-15H,1-11H2. The largest absolute Gasteiger partial charge is 0.381 e. The Morgan fingerprint density at radius 3 is 2.59 bits per heavy atom. The Labute approximate surface area is 105 Å². The van der Waals surface area contributed by atoms with Gasteiger partial charge in [0.25, 0.3) is 0 Å². The summed E-state index contributed by atoms with van der Waals surface area (Å²) in [5.41, 5.74) is 0. The molecule has 0 radical (unpaired) electrons. The minimum absolute atomic E-state index is 0.776. The summed E-state index contributed by atoms with van der Waals surface area (Å²) in [7, 11) is 0. The molecule has 2 atom stereocenters. The molecule has 3 aliphatic rings. The molecule has 0 aromatic carbocycles. The fourth-order valence-electron chi connectivity index (χ4n) is 3.92. The number of hydrogen-bond acceptors (Lipinski definition) is 3. The first kappa shape index (κ1) is 11.9. The van der Waals surface area contributed by atoms with Crippen LogP contribution in [0.1, 0.15) is 44.9 Å². The fourth-order valence-corrected chi connectivity index (χ4v) is 3.92. The lowest BCUT2D eigenvalue weighted by Gasteiger charge is -2.45. The molecule has 3 rings (SSSR count). The molecule has 0 bridgehead atoms. The van der Waals surface area contributed by atoms with E-state index in [0.29, 0.717) is 0 Å². The molecule has 3 heteroatoms. The van der Waals surface area contributed by atoms with Crippen LogP contribution in [0.25, 0.3) is 0 Å². The molecule has 3 nitrogen and oxygen atoms in total. The highest BCUT2D eigenvalue weighted by Crippen LogP contribution is 2.28. The van der Waals surface area contributed by atoms with Crippen molar-refractivity contribution in [3.05, 3.63) is 0 Å². The van der Waals surface area contributed by atoms with E-state index in [1.807, 2.05) is 0 Å². The molecule has 0 aromatic rings. The van der Waals surface area contributed by atoms with Crippen molar-refractivity contribution in [2.45, 2.75) is 63.1 Å². The lowest BCUT2D eigenvalue weighted by molar-refractivity contribution is -0.00288. The SMILES string of the molecule is C1CNC(C2CCCCN2C2CCOCC2)C1. The molecular formula is C14H26N2O. The van der Waals surface area contributed by atoms with Gasteiger partial charge in [-0.1, -0.05) is 6.42 Å². The van der Waals surface area contributed by atoms with Crippen LogP contribution in [-0.2, 0) is 4.74 Å². The topological polar surface area (TPSA) is 24.5 Å². The lowest BCUT2D eigenvalue weighted by atomic mass is 9.91. The molecule has 1 N–H and O–H groups in total. The van der Waals surface area contributed by atoms with Gasteiger partial charge in [0, 0.05) is 31.3 Å². The zero-order valence-corrected chi connectivity index (χ0v) is 10.9. The van der Waals surface area contributed by atoms with Crippen molar-refractivity contribution in [3.8, 4) is 0 Å². The maximum Gasteiger partial charge on any atom is 0.0480 e. The molecule has 3 heterocycles. The smallest absolute Gasteiger partial charge is 0.0480 e. The molecule has 0 aliphatic carbocycles. The van der Waals surface area contributed by atoms with Crippen LogP contribution >= 0.6 is 0 Å². The predicted molar refractivity (Wildman–Crippen MR) is 69.2 cm³/mol. The van der Waals surface area contributed by atoms with E-state index < -0.39 is 0 Å². The average Bonchev–Trinajstić information content (AvgIpc) is 2.94. The van der Waals surface area contributed by atoms with Crippen molar-refractivity contribution < 1.29 is 4.74 Å². The van der Waals surface area contributed by atoms with Gasteiger partial charge in [-0.15, -0.1) is 0 Å². The molecule has 0 aromatic heterocycles. The van der Waals surface area contributed by atoms with E-state index >= 15 is 0 Å². The third kappa shape index (κ3) is 2.67. The summed E-state index contributed by atoms with van der Waals surface area (Å²) < 4.78 is 5.51. The summed E-state index contributed by atoms with van der Waals surface area (Å²) in [6.45, 7) is 4.52. The summed E-state index contributed by atoms with van der Waals surface area (Å²) in [6.07, 6.45) is 9.53. The van der Waals surface area contributed by atoms with Gasteiger partial charge in [0.15, 0.2) is 0 Å². The summed E-state index contributed by atoms with van der Waals surface area (Å²) in [6, 6.07) is 2.39. The number of piperidine rings is 1. The summed E-state index contributed by atoms with van der Waals surface area (Å²) >= 11 is 0. The van der Waals surface area contributed by atoms with Gasteiger partial charge in [-0.05, 0) is 51.6 Å². The molecule has 98 valence electrons. The van der Waals surface area contributed by atoms with Gasteiger partial charge >= 0.3 is 0 Å². The van der Waals surface area contributed by atoms with Crippen LogP contribution < -0.4 is 5.32 Å². The lowest BCUT2D eigenvalue weighted by Crippen LogP contribution is -2.55. The second-order valence-corrected chi connectivity index (χ2v) is 5.85. The highest BCUT2D eigenvalue weighted by atomic mass is 16.5. The minimum Gasteiger partial charge on any atom is -0.381 e. The van der Waals surface area contributed by atoms with E-state index in [0.717, 1.165) is 31.3 Å². The summed E-state index contributed by atoms with van der Waals surface area (Å²) in [4.78, 5) is 2.83. The number of nitrogens with one attached hydrogen (secondary N) is 1. The quantitative estimate of drug-likeness (QED) is 0.793. The van der Waals surface area contributed by atoms with Gasteiger partial charge in [0.05, 0.1) is 0 Å². The number of hydrogen-bond donors (Lipinski definition) is 1. The summed E-state index contributed by atoms with van der Waals surface area (Å²) in [5.74, 6) is 0. The molecule has 17 heavy (non-hydrogen) atoms. The molecule has 3 saturated heterocycles. The second kappa shape index (κ2) is 5.68. The maximum atomic E-state index is 5.51. The van der Waals surface area contributed by atoms with Crippen LogP contribution in [0.3, 0.4) is 0 Å². The molecule has 0 amide bonds. The first-order valence-corrected chi connectivity index (χ1v) is 7.52. The van der Waals surface area contributed by atoms with Gasteiger partial charge in [0.2, 0.25) is 0 Å². The molecule has 3 fully saturated rings. The van der Waals surface area contributed by atoms with Crippen molar-refractivity contribution in [1.29, 1.82) is 0 Å². The Hall–Kier alpha value is -0.120. The Kier molecular flexibility index (Phi) is 3.99. The highest BCUT2D eigenvalue weighted by Gasteiger charge is 2.35. The van der Waals surface area contributed by atoms with Crippen molar-refractivity contribution in [2.24, 2.45) is 0 Å². The van der Waals surface area contributed by atoms with E-state index in [9.17, 15) is 0 Å². The van der Waals surface area contributed by atoms with Crippen LogP contribution in [0.2, 0.25) is 0 Å². The average molecular weight is 238 g/mol. The number of ether oxygens (including phenoxy) is 1. The van der Waals surface area contributed by atoms with Crippen molar-refractivity contribution in [1.82, 2.24) is 10.2 Å². The van der Waals surface area contributed by atoms with Crippen LogP contribution in [0.5, 0.6) is 0 Å². The Bertz CT molecular complexity index is 234. The van der Waals surface area contributed by atoms with Gasteiger partial charge in [0.1, 0.15) is 0 Å². The first-order chi connectivity index (χ1) is 8.45. The third-order valence-corrected chi connectivity index (χ3v) is 4.81. The first-order valence-electron chi connectivity index (χ1n) is 7.52. The van der Waals surface area contributed by atoms with E-state index in [-0.39, 0.29) is 0 Å². The predicted octanol–water partition coefficient (Wildman–Crippen LogP) is 1.77.